The van der Waals surface area contributed by atoms with E-state index in [0.717, 1.165) is 34.1 Å². The van der Waals surface area contributed by atoms with Gasteiger partial charge < -0.3 is 15.4 Å². The lowest BCUT2D eigenvalue weighted by atomic mass is 9.97. The summed E-state index contributed by atoms with van der Waals surface area (Å²) in [6.45, 7) is 1.99. The Morgan fingerprint density at radius 2 is 1.93 bits per heavy atom. The zero-order chi connectivity index (χ0) is 18.8. The molecule has 2 N–H and O–H groups in total. The number of carbonyl (C=O) groups excluding carboxylic acids is 1. The summed E-state index contributed by atoms with van der Waals surface area (Å²) < 4.78 is 5.30. The van der Waals surface area contributed by atoms with Crippen molar-refractivity contribution < 1.29 is 9.53 Å². The van der Waals surface area contributed by atoms with Crippen LogP contribution in [0.2, 0.25) is 0 Å². The van der Waals surface area contributed by atoms with Crippen LogP contribution in [0.15, 0.2) is 60.7 Å². The minimum atomic E-state index is -0.0961. The highest BCUT2D eigenvalue weighted by atomic mass is 16.5. The first-order valence-corrected chi connectivity index (χ1v) is 8.95. The molecule has 0 aliphatic carbocycles. The fourth-order valence-corrected chi connectivity index (χ4v) is 3.35. The van der Waals surface area contributed by atoms with E-state index in [4.69, 9.17) is 9.72 Å². The number of hydrogen-bond acceptors (Lipinski definition) is 4. The smallest absolute Gasteiger partial charge is 0.255 e. The van der Waals surface area contributed by atoms with Crippen molar-refractivity contribution in [3.05, 3.63) is 71.9 Å². The van der Waals surface area contributed by atoms with Gasteiger partial charge in [0.05, 0.1) is 29.7 Å². The molecule has 5 nitrogen and oxygen atoms in total. The molecular weight excluding hydrogens is 338 g/mol. The molecule has 1 atom stereocenters. The molecule has 2 aromatic carbocycles. The summed E-state index contributed by atoms with van der Waals surface area (Å²) in [6.07, 6.45) is 0.703. The Morgan fingerprint density at radius 3 is 2.70 bits per heavy atom. The van der Waals surface area contributed by atoms with Crippen molar-refractivity contribution in [2.75, 3.05) is 12.4 Å². The zero-order valence-corrected chi connectivity index (χ0v) is 15.3. The van der Waals surface area contributed by atoms with Crippen molar-refractivity contribution in [1.82, 2.24) is 10.3 Å². The number of carbonyl (C=O) groups is 1. The predicted molar refractivity (Wildman–Crippen MR) is 107 cm³/mol. The second-order valence-corrected chi connectivity index (χ2v) is 6.68. The third-order valence-electron chi connectivity index (χ3n) is 4.62. The first-order valence-electron chi connectivity index (χ1n) is 8.95. The molecule has 1 aromatic heterocycles. The Balaban J connectivity index is 1.83. The van der Waals surface area contributed by atoms with E-state index in [-0.39, 0.29) is 11.9 Å². The van der Waals surface area contributed by atoms with Gasteiger partial charge in [0.15, 0.2) is 0 Å². The summed E-state index contributed by atoms with van der Waals surface area (Å²) in [5.74, 6) is 0.658. The van der Waals surface area contributed by atoms with E-state index in [9.17, 15) is 4.79 Å². The monoisotopic (exact) mass is 359 g/mol. The largest absolute Gasteiger partial charge is 0.497 e. The minimum Gasteiger partial charge on any atom is -0.497 e. The molecule has 0 saturated heterocycles. The molecule has 0 bridgehead atoms. The van der Waals surface area contributed by atoms with Gasteiger partial charge in [0.1, 0.15) is 5.75 Å². The molecule has 136 valence electrons. The highest BCUT2D eigenvalue weighted by Gasteiger charge is 2.27. The summed E-state index contributed by atoms with van der Waals surface area (Å²) in [4.78, 5) is 17.5. The molecule has 4 rings (SSSR count). The third kappa shape index (κ3) is 3.49. The summed E-state index contributed by atoms with van der Waals surface area (Å²) in [7, 11) is 1.63. The number of ether oxygens (including phenoxy) is 1. The van der Waals surface area contributed by atoms with Crippen LogP contribution in [0.3, 0.4) is 0 Å². The highest BCUT2D eigenvalue weighted by Crippen LogP contribution is 2.32. The van der Waals surface area contributed by atoms with E-state index in [1.54, 1.807) is 7.11 Å². The van der Waals surface area contributed by atoms with Crippen LogP contribution >= 0.6 is 0 Å². The molecule has 1 unspecified atom stereocenters. The Labute approximate surface area is 158 Å². The van der Waals surface area contributed by atoms with Crippen molar-refractivity contribution >= 4 is 17.3 Å². The number of hydrogen-bond donors (Lipinski definition) is 2. The maximum atomic E-state index is 12.7. The number of nitrogens with one attached hydrogen (secondary N) is 2. The van der Waals surface area contributed by atoms with Crippen molar-refractivity contribution in [3.8, 4) is 17.0 Å². The van der Waals surface area contributed by atoms with E-state index in [2.05, 4.69) is 10.6 Å². The molecule has 1 aliphatic rings. The number of anilines is 2. The average molecular weight is 359 g/mol. The third-order valence-corrected chi connectivity index (χ3v) is 4.62. The van der Waals surface area contributed by atoms with E-state index >= 15 is 0 Å². The lowest BCUT2D eigenvalue weighted by molar-refractivity contribution is 0.0929. The van der Waals surface area contributed by atoms with Gasteiger partial charge in [0, 0.05) is 29.8 Å². The summed E-state index contributed by atoms with van der Waals surface area (Å²) >= 11 is 0. The van der Waals surface area contributed by atoms with E-state index in [1.165, 1.54) is 0 Å². The van der Waals surface area contributed by atoms with Crippen LogP contribution in [-0.4, -0.2) is 24.0 Å². The average Bonchev–Trinajstić information content (AvgIpc) is 2.68. The summed E-state index contributed by atoms with van der Waals surface area (Å²) in [5.41, 5.74) is 4.90. The Kier molecular flexibility index (Phi) is 4.50. The normalized spacial score (nSPS) is 15.6. The SMILES string of the molecule is COc1cccc(Nc2cc(-c3ccccc3)nc3c2C(=O)NC(C)C3)c1. The van der Waals surface area contributed by atoms with E-state index in [0.29, 0.717) is 12.0 Å². The number of methoxy groups -OCH3 is 1. The molecule has 0 saturated carbocycles. The van der Waals surface area contributed by atoms with Gasteiger partial charge in [0.25, 0.3) is 5.91 Å². The van der Waals surface area contributed by atoms with Gasteiger partial charge in [-0.2, -0.15) is 0 Å². The Hall–Kier alpha value is -3.34. The molecule has 0 fully saturated rings. The molecule has 1 amide bonds. The van der Waals surface area contributed by atoms with Gasteiger partial charge in [-0.05, 0) is 25.1 Å². The van der Waals surface area contributed by atoms with E-state index < -0.39 is 0 Å². The minimum absolute atomic E-state index is 0.0631. The number of aromatic nitrogens is 1. The lowest BCUT2D eigenvalue weighted by Crippen LogP contribution is -2.40. The second kappa shape index (κ2) is 7.11. The van der Waals surface area contributed by atoms with Crippen molar-refractivity contribution in [1.29, 1.82) is 0 Å². The van der Waals surface area contributed by atoms with Gasteiger partial charge in [0.2, 0.25) is 0 Å². The van der Waals surface area contributed by atoms with Crippen molar-refractivity contribution in [3.63, 3.8) is 0 Å². The van der Waals surface area contributed by atoms with Gasteiger partial charge in [-0.25, -0.2) is 0 Å². The van der Waals surface area contributed by atoms with Crippen LogP contribution in [0.5, 0.6) is 5.75 Å². The zero-order valence-electron chi connectivity index (χ0n) is 15.3. The number of amides is 1. The number of fused-ring (bicyclic) bond motifs is 1. The van der Waals surface area contributed by atoms with E-state index in [1.807, 2.05) is 67.6 Å². The fourth-order valence-electron chi connectivity index (χ4n) is 3.35. The molecule has 3 aromatic rings. The quantitative estimate of drug-likeness (QED) is 0.734. The summed E-state index contributed by atoms with van der Waals surface area (Å²) in [5, 5.41) is 6.38. The number of nitrogens with zero attached hydrogens (tertiary/aromatic N) is 1. The first-order chi connectivity index (χ1) is 13.1. The van der Waals surface area contributed by atoms with Crippen LogP contribution in [0, 0.1) is 0 Å². The fraction of sp³-hybridized carbons (Fsp3) is 0.182. The second-order valence-electron chi connectivity index (χ2n) is 6.68. The van der Waals surface area contributed by atoms with Gasteiger partial charge >= 0.3 is 0 Å². The van der Waals surface area contributed by atoms with Crippen LogP contribution in [0.4, 0.5) is 11.4 Å². The summed E-state index contributed by atoms with van der Waals surface area (Å²) in [6, 6.07) is 19.6. The standard InChI is InChI=1S/C22H21N3O2/c1-14-11-19-21(22(26)23-14)20(24-16-9-6-10-17(12-16)27-2)13-18(25-19)15-7-4-3-5-8-15/h3-10,12-14H,11H2,1-2H3,(H,23,26)(H,24,25). The van der Waals surface area contributed by atoms with Crippen LogP contribution in [-0.2, 0) is 6.42 Å². The molecule has 5 heteroatoms. The van der Waals surface area contributed by atoms with Gasteiger partial charge in [-0.1, -0.05) is 36.4 Å². The van der Waals surface area contributed by atoms with Gasteiger partial charge in [-0.15, -0.1) is 0 Å². The molecular formula is C22H21N3O2. The van der Waals surface area contributed by atoms with Crippen molar-refractivity contribution in [2.24, 2.45) is 0 Å². The maximum Gasteiger partial charge on any atom is 0.255 e. The van der Waals surface area contributed by atoms with Crippen molar-refractivity contribution in [2.45, 2.75) is 19.4 Å². The van der Waals surface area contributed by atoms with Crippen LogP contribution in [0.1, 0.15) is 23.0 Å². The van der Waals surface area contributed by atoms with Crippen LogP contribution in [0.25, 0.3) is 11.3 Å². The highest BCUT2D eigenvalue weighted by molar-refractivity contribution is 6.03. The maximum absolute atomic E-state index is 12.7. The molecule has 2 heterocycles. The number of pyridine rings is 1. The van der Waals surface area contributed by atoms with Crippen LogP contribution < -0.4 is 15.4 Å². The topological polar surface area (TPSA) is 63.2 Å². The molecule has 0 radical (unpaired) electrons. The first kappa shape index (κ1) is 17.1. The molecule has 0 spiro atoms. The Bertz CT molecular complexity index is 986. The number of benzene rings is 2. The number of rotatable bonds is 4. The predicted octanol–water partition coefficient (Wildman–Crippen LogP) is 4.18. The molecule has 27 heavy (non-hydrogen) atoms. The molecule has 1 aliphatic heterocycles. The Morgan fingerprint density at radius 1 is 1.11 bits per heavy atom. The van der Waals surface area contributed by atoms with Gasteiger partial charge in [-0.3, -0.25) is 9.78 Å². The lowest BCUT2D eigenvalue weighted by Gasteiger charge is -2.25.